The van der Waals surface area contributed by atoms with E-state index in [1.165, 1.54) is 0 Å². The van der Waals surface area contributed by atoms with Gasteiger partial charge in [-0.05, 0) is 13.8 Å². The molecule has 1 rings (SSSR count). The Kier molecular flexibility index (Phi) is 1.66. The van der Waals surface area contributed by atoms with Crippen LogP contribution < -0.4 is 5.32 Å². The lowest BCUT2D eigenvalue weighted by Crippen LogP contribution is -2.32. The summed E-state index contributed by atoms with van der Waals surface area (Å²) in [5.74, 6) is 0. The highest BCUT2D eigenvalue weighted by molar-refractivity contribution is 5.79. The third kappa shape index (κ3) is 0.988. The summed E-state index contributed by atoms with van der Waals surface area (Å²) in [6, 6.07) is 0.190. The Bertz CT molecular complexity index is 158. The summed E-state index contributed by atoms with van der Waals surface area (Å²) in [7, 11) is 0. The van der Waals surface area contributed by atoms with Gasteiger partial charge in [-0.25, -0.2) is 4.79 Å². The molecule has 1 aliphatic heterocycles. The van der Waals surface area contributed by atoms with Gasteiger partial charge in [0, 0.05) is 11.7 Å². The van der Waals surface area contributed by atoms with E-state index < -0.39 is 0 Å². The predicted molar refractivity (Wildman–Crippen MR) is 39.5 cm³/mol. The van der Waals surface area contributed by atoms with Crippen molar-refractivity contribution in [1.82, 2.24) is 10.2 Å². The molecule has 1 aliphatic rings. The summed E-state index contributed by atoms with van der Waals surface area (Å²) in [6.07, 6.45) is 0. The van der Waals surface area contributed by atoms with E-state index in [1.54, 1.807) is 4.90 Å². The third-order valence-corrected chi connectivity index (χ3v) is 1.52. The van der Waals surface area contributed by atoms with Gasteiger partial charge in [0.1, 0.15) is 0 Å². The zero-order chi connectivity index (χ0) is 7.72. The monoisotopic (exact) mass is 140 g/mol. The average Bonchev–Trinajstić information content (AvgIpc) is 2.11. The maximum Gasteiger partial charge on any atom is 0.322 e. The summed E-state index contributed by atoms with van der Waals surface area (Å²) in [5.41, 5.74) is 0.861. The molecular weight excluding hydrogens is 128 g/mol. The number of carbonyl (C=O) groups is 1. The van der Waals surface area contributed by atoms with Gasteiger partial charge in [0.2, 0.25) is 0 Å². The highest BCUT2D eigenvalue weighted by Crippen LogP contribution is 2.11. The maximum atomic E-state index is 11.0. The molecular formula is C7H12N2O. The minimum atomic E-state index is -0.0278. The molecule has 1 saturated heterocycles. The van der Waals surface area contributed by atoms with Gasteiger partial charge in [0.25, 0.3) is 0 Å². The van der Waals surface area contributed by atoms with Gasteiger partial charge in [-0.3, -0.25) is 4.90 Å². The van der Waals surface area contributed by atoms with Gasteiger partial charge in [0.15, 0.2) is 0 Å². The molecule has 56 valence electrons. The van der Waals surface area contributed by atoms with Gasteiger partial charge in [-0.15, -0.1) is 0 Å². The molecule has 0 aromatic rings. The fraction of sp³-hybridized carbons (Fsp3) is 0.571. The first-order valence-electron chi connectivity index (χ1n) is 3.37. The summed E-state index contributed by atoms with van der Waals surface area (Å²) < 4.78 is 0. The van der Waals surface area contributed by atoms with Crippen molar-refractivity contribution < 1.29 is 4.79 Å². The van der Waals surface area contributed by atoms with E-state index >= 15 is 0 Å². The molecule has 3 nitrogen and oxygen atoms in total. The molecule has 0 aliphatic carbocycles. The lowest BCUT2D eigenvalue weighted by Gasteiger charge is -2.19. The Hall–Kier alpha value is -0.990. The van der Waals surface area contributed by atoms with Crippen LogP contribution in [-0.4, -0.2) is 23.5 Å². The highest BCUT2D eigenvalue weighted by Gasteiger charge is 2.25. The van der Waals surface area contributed by atoms with Crippen molar-refractivity contribution in [3.63, 3.8) is 0 Å². The molecule has 1 N–H and O–H groups in total. The minimum absolute atomic E-state index is 0.0278. The Balaban J connectivity index is 2.72. The number of hydrogen-bond acceptors (Lipinski definition) is 1. The maximum absolute atomic E-state index is 11.0. The second kappa shape index (κ2) is 2.33. The third-order valence-electron chi connectivity index (χ3n) is 1.52. The largest absolute Gasteiger partial charge is 0.332 e. The first-order chi connectivity index (χ1) is 4.63. The van der Waals surface area contributed by atoms with Crippen LogP contribution in [0.2, 0.25) is 0 Å². The normalized spacial score (nSPS) is 18.5. The summed E-state index contributed by atoms with van der Waals surface area (Å²) in [5, 5.41) is 2.69. The van der Waals surface area contributed by atoms with Gasteiger partial charge in [-0.1, -0.05) is 6.58 Å². The summed E-state index contributed by atoms with van der Waals surface area (Å²) in [4.78, 5) is 12.6. The van der Waals surface area contributed by atoms with E-state index in [0.717, 1.165) is 5.70 Å². The second-order valence-corrected chi connectivity index (χ2v) is 2.69. The van der Waals surface area contributed by atoms with E-state index in [1.807, 2.05) is 13.8 Å². The van der Waals surface area contributed by atoms with Crippen molar-refractivity contribution in [1.29, 1.82) is 0 Å². The molecule has 0 spiro atoms. The Labute approximate surface area is 60.7 Å². The summed E-state index contributed by atoms with van der Waals surface area (Å²) in [6.45, 7) is 8.28. The minimum Gasteiger partial charge on any atom is -0.332 e. The van der Waals surface area contributed by atoms with Crippen LogP contribution in [0.25, 0.3) is 0 Å². The van der Waals surface area contributed by atoms with E-state index in [-0.39, 0.29) is 12.1 Å². The summed E-state index contributed by atoms with van der Waals surface area (Å²) >= 11 is 0. The van der Waals surface area contributed by atoms with Gasteiger partial charge >= 0.3 is 6.03 Å². The van der Waals surface area contributed by atoms with Crippen LogP contribution in [-0.2, 0) is 0 Å². The number of urea groups is 1. The molecule has 0 aromatic heterocycles. The van der Waals surface area contributed by atoms with Crippen LogP contribution in [0.3, 0.4) is 0 Å². The molecule has 1 heterocycles. The van der Waals surface area contributed by atoms with Crippen LogP contribution in [0.5, 0.6) is 0 Å². The quantitative estimate of drug-likeness (QED) is 0.577. The average molecular weight is 140 g/mol. The first-order valence-corrected chi connectivity index (χ1v) is 3.37. The predicted octanol–water partition coefficient (Wildman–Crippen LogP) is 0.934. The highest BCUT2D eigenvalue weighted by atomic mass is 16.2. The van der Waals surface area contributed by atoms with Crippen LogP contribution in [0, 0.1) is 0 Å². The van der Waals surface area contributed by atoms with Crippen molar-refractivity contribution >= 4 is 6.03 Å². The molecule has 0 saturated carbocycles. The number of carbonyl (C=O) groups excluding carboxylic acids is 1. The van der Waals surface area contributed by atoms with Gasteiger partial charge < -0.3 is 5.32 Å². The standard InChI is InChI=1S/C7H12N2O/c1-5(2)9-6(3)4-8-7(9)10/h5H,3-4H2,1-2H3,(H,8,10). The lowest BCUT2D eigenvalue weighted by atomic mass is 10.3. The molecule has 0 aromatic carbocycles. The van der Waals surface area contributed by atoms with Crippen molar-refractivity contribution in [2.75, 3.05) is 6.54 Å². The Morgan fingerprint density at radius 2 is 2.30 bits per heavy atom. The number of rotatable bonds is 1. The Morgan fingerprint density at radius 3 is 2.50 bits per heavy atom. The second-order valence-electron chi connectivity index (χ2n) is 2.69. The molecule has 3 heteroatoms. The molecule has 2 amide bonds. The van der Waals surface area contributed by atoms with Gasteiger partial charge in [-0.2, -0.15) is 0 Å². The molecule has 0 unspecified atom stereocenters. The topological polar surface area (TPSA) is 32.3 Å². The SMILES string of the molecule is C=C1CNC(=O)N1C(C)C. The van der Waals surface area contributed by atoms with Crippen molar-refractivity contribution in [2.45, 2.75) is 19.9 Å². The van der Waals surface area contributed by atoms with E-state index in [9.17, 15) is 4.79 Å². The van der Waals surface area contributed by atoms with Crippen LogP contribution >= 0.6 is 0 Å². The molecule has 10 heavy (non-hydrogen) atoms. The zero-order valence-corrected chi connectivity index (χ0v) is 6.35. The van der Waals surface area contributed by atoms with Crippen LogP contribution in [0.15, 0.2) is 12.3 Å². The lowest BCUT2D eigenvalue weighted by molar-refractivity contribution is 0.214. The van der Waals surface area contributed by atoms with E-state index in [0.29, 0.717) is 6.54 Å². The van der Waals surface area contributed by atoms with E-state index in [4.69, 9.17) is 0 Å². The van der Waals surface area contributed by atoms with E-state index in [2.05, 4.69) is 11.9 Å². The number of amides is 2. The van der Waals surface area contributed by atoms with Gasteiger partial charge in [0.05, 0.1) is 6.54 Å². The first kappa shape index (κ1) is 7.12. The molecule has 1 fully saturated rings. The van der Waals surface area contributed by atoms with Crippen molar-refractivity contribution in [2.24, 2.45) is 0 Å². The molecule has 0 atom stereocenters. The fourth-order valence-corrected chi connectivity index (χ4v) is 1.09. The number of nitrogens with zero attached hydrogens (tertiary/aromatic N) is 1. The number of nitrogens with one attached hydrogen (secondary N) is 1. The zero-order valence-electron chi connectivity index (χ0n) is 6.35. The van der Waals surface area contributed by atoms with Crippen molar-refractivity contribution in [3.05, 3.63) is 12.3 Å². The van der Waals surface area contributed by atoms with Crippen LogP contribution in [0.1, 0.15) is 13.8 Å². The van der Waals surface area contributed by atoms with Crippen LogP contribution in [0.4, 0.5) is 4.79 Å². The molecule has 0 bridgehead atoms. The smallest absolute Gasteiger partial charge is 0.322 e. The molecule has 0 radical (unpaired) electrons. The number of hydrogen-bond donors (Lipinski definition) is 1. The van der Waals surface area contributed by atoms with Crippen molar-refractivity contribution in [3.8, 4) is 0 Å². The Morgan fingerprint density at radius 1 is 1.70 bits per heavy atom. The fourth-order valence-electron chi connectivity index (χ4n) is 1.09.